The third-order valence-electron chi connectivity index (χ3n) is 1.53. The fraction of sp³-hybridized carbons (Fsp3) is 0.375. The molecule has 5 nitrogen and oxygen atoms in total. The molecule has 1 amide bonds. The van der Waals surface area contributed by atoms with Crippen LogP contribution in [0.3, 0.4) is 0 Å². The molecule has 0 bridgehead atoms. The van der Waals surface area contributed by atoms with Gasteiger partial charge in [-0.2, -0.15) is 0 Å². The molecule has 76 valence electrons. The molecule has 0 radical (unpaired) electrons. The summed E-state index contributed by atoms with van der Waals surface area (Å²) in [4.78, 5) is 25.1. The lowest BCUT2D eigenvalue weighted by atomic mass is 10.3. The van der Waals surface area contributed by atoms with E-state index in [0.29, 0.717) is 5.01 Å². The Balaban J connectivity index is 2.76. The lowest BCUT2D eigenvalue weighted by molar-refractivity contribution is -0.119. The fourth-order valence-corrected chi connectivity index (χ4v) is 1.75. The van der Waals surface area contributed by atoms with Crippen LogP contribution in [-0.4, -0.2) is 22.0 Å². The van der Waals surface area contributed by atoms with Crippen LogP contribution in [0, 0.1) is 0 Å². The summed E-state index contributed by atoms with van der Waals surface area (Å²) >= 11 is 1.22. The first-order chi connectivity index (χ1) is 6.50. The van der Waals surface area contributed by atoms with Crippen molar-refractivity contribution in [2.24, 2.45) is 0 Å². The summed E-state index contributed by atoms with van der Waals surface area (Å²) in [6.07, 6.45) is 0. The predicted octanol–water partition coefficient (Wildman–Crippen LogP) is 1.04. The van der Waals surface area contributed by atoms with Gasteiger partial charge in [-0.25, -0.2) is 9.78 Å². The Morgan fingerprint density at radius 1 is 1.64 bits per heavy atom. The van der Waals surface area contributed by atoms with Gasteiger partial charge in [0.05, 0.1) is 6.04 Å². The Morgan fingerprint density at radius 3 is 2.71 bits per heavy atom. The highest BCUT2D eigenvalue weighted by Gasteiger charge is 2.14. The molecule has 1 atom stereocenters. The molecule has 0 spiro atoms. The van der Waals surface area contributed by atoms with Gasteiger partial charge in [-0.3, -0.25) is 4.79 Å². The first kappa shape index (κ1) is 10.6. The lowest BCUT2D eigenvalue weighted by Gasteiger charge is -2.07. The van der Waals surface area contributed by atoms with Gasteiger partial charge in [0.25, 0.3) is 0 Å². The van der Waals surface area contributed by atoms with Crippen molar-refractivity contribution in [2.75, 3.05) is 0 Å². The largest absolute Gasteiger partial charge is 0.476 e. The van der Waals surface area contributed by atoms with Crippen LogP contribution in [0.5, 0.6) is 0 Å². The molecule has 0 aliphatic heterocycles. The van der Waals surface area contributed by atoms with Gasteiger partial charge < -0.3 is 10.4 Å². The number of carboxylic acid groups (broad SMARTS) is 1. The molecule has 6 heteroatoms. The number of carbonyl (C=O) groups excluding carboxylic acids is 1. The van der Waals surface area contributed by atoms with Crippen molar-refractivity contribution >= 4 is 23.2 Å². The number of hydrogen-bond donors (Lipinski definition) is 2. The van der Waals surface area contributed by atoms with E-state index >= 15 is 0 Å². The molecule has 0 saturated heterocycles. The standard InChI is InChI=1S/C8H10N2O3S/c1-4(9-5(2)11)7-10-6(3-14-7)8(12)13/h3-4H,1-2H3,(H,9,11)(H,12,13). The molecule has 0 aliphatic rings. The summed E-state index contributed by atoms with van der Waals surface area (Å²) in [6, 6.07) is -0.245. The number of amides is 1. The van der Waals surface area contributed by atoms with Crippen LogP contribution in [0.2, 0.25) is 0 Å². The summed E-state index contributed by atoms with van der Waals surface area (Å²) < 4.78 is 0. The van der Waals surface area contributed by atoms with E-state index in [2.05, 4.69) is 10.3 Å². The molecule has 0 fully saturated rings. The van der Waals surface area contributed by atoms with Gasteiger partial charge >= 0.3 is 5.97 Å². The van der Waals surface area contributed by atoms with E-state index < -0.39 is 5.97 Å². The number of aromatic nitrogens is 1. The van der Waals surface area contributed by atoms with Gasteiger partial charge in [-0.15, -0.1) is 11.3 Å². The average Bonchev–Trinajstić information content (AvgIpc) is 2.50. The van der Waals surface area contributed by atoms with E-state index in [1.54, 1.807) is 6.92 Å². The number of hydrogen-bond acceptors (Lipinski definition) is 4. The van der Waals surface area contributed by atoms with Crippen molar-refractivity contribution in [3.05, 3.63) is 16.1 Å². The van der Waals surface area contributed by atoms with Crippen LogP contribution in [0.15, 0.2) is 5.38 Å². The van der Waals surface area contributed by atoms with Crippen LogP contribution in [-0.2, 0) is 4.79 Å². The zero-order chi connectivity index (χ0) is 10.7. The van der Waals surface area contributed by atoms with Crippen LogP contribution >= 0.6 is 11.3 Å². The molecule has 14 heavy (non-hydrogen) atoms. The number of thiazole rings is 1. The van der Waals surface area contributed by atoms with Crippen LogP contribution < -0.4 is 5.32 Å². The maximum atomic E-state index is 10.7. The molecule has 1 unspecified atom stereocenters. The molecule has 0 aromatic carbocycles. The number of carbonyl (C=O) groups is 2. The van der Waals surface area contributed by atoms with Crippen LogP contribution in [0.25, 0.3) is 0 Å². The van der Waals surface area contributed by atoms with Crippen LogP contribution in [0.1, 0.15) is 35.4 Å². The van der Waals surface area contributed by atoms with Crippen molar-refractivity contribution in [3.8, 4) is 0 Å². The quantitative estimate of drug-likeness (QED) is 0.787. The van der Waals surface area contributed by atoms with Crippen molar-refractivity contribution in [2.45, 2.75) is 19.9 Å². The molecule has 1 aromatic rings. The van der Waals surface area contributed by atoms with Gasteiger partial charge in [0.1, 0.15) is 5.01 Å². The van der Waals surface area contributed by atoms with Crippen molar-refractivity contribution < 1.29 is 14.7 Å². The molecule has 0 aliphatic carbocycles. The number of nitrogens with zero attached hydrogens (tertiary/aromatic N) is 1. The second-order valence-electron chi connectivity index (χ2n) is 2.80. The third-order valence-corrected chi connectivity index (χ3v) is 2.56. The second-order valence-corrected chi connectivity index (χ2v) is 3.69. The van der Waals surface area contributed by atoms with Gasteiger partial charge in [0.2, 0.25) is 5.91 Å². The number of rotatable bonds is 3. The smallest absolute Gasteiger partial charge is 0.355 e. The van der Waals surface area contributed by atoms with E-state index in [1.165, 1.54) is 23.6 Å². The highest BCUT2D eigenvalue weighted by atomic mass is 32.1. The summed E-state index contributed by atoms with van der Waals surface area (Å²) in [5, 5.41) is 13.3. The van der Waals surface area contributed by atoms with Crippen molar-refractivity contribution in [3.63, 3.8) is 0 Å². The zero-order valence-corrected chi connectivity index (χ0v) is 8.59. The normalized spacial score (nSPS) is 12.1. The monoisotopic (exact) mass is 214 g/mol. The SMILES string of the molecule is CC(=O)NC(C)c1nc(C(=O)O)cs1. The first-order valence-corrected chi connectivity index (χ1v) is 4.84. The van der Waals surface area contributed by atoms with E-state index in [1.807, 2.05) is 0 Å². The molecule has 0 saturated carbocycles. The summed E-state index contributed by atoms with van der Waals surface area (Å²) in [7, 11) is 0. The second kappa shape index (κ2) is 4.19. The lowest BCUT2D eigenvalue weighted by Crippen LogP contribution is -2.23. The Hall–Kier alpha value is -1.43. The maximum Gasteiger partial charge on any atom is 0.355 e. The number of carboxylic acids is 1. The average molecular weight is 214 g/mol. The molecule has 1 heterocycles. The molecule has 2 N–H and O–H groups in total. The summed E-state index contributed by atoms with van der Waals surface area (Å²) in [5.41, 5.74) is 0.0159. The van der Waals surface area contributed by atoms with Crippen LogP contribution in [0.4, 0.5) is 0 Å². The molecular weight excluding hydrogens is 204 g/mol. The van der Waals surface area contributed by atoms with Crippen molar-refractivity contribution in [1.82, 2.24) is 10.3 Å². The summed E-state index contributed by atoms with van der Waals surface area (Å²) in [6.45, 7) is 3.16. The molecular formula is C8H10N2O3S. The first-order valence-electron chi connectivity index (χ1n) is 3.96. The highest BCUT2D eigenvalue weighted by molar-refractivity contribution is 7.09. The van der Waals surface area contributed by atoms with Gasteiger partial charge in [-0.05, 0) is 6.92 Å². The van der Waals surface area contributed by atoms with Crippen molar-refractivity contribution in [1.29, 1.82) is 0 Å². The number of nitrogens with one attached hydrogen (secondary N) is 1. The fourth-order valence-electron chi connectivity index (χ4n) is 0.951. The minimum atomic E-state index is -1.05. The Morgan fingerprint density at radius 2 is 2.29 bits per heavy atom. The van der Waals surface area contributed by atoms with Gasteiger partial charge in [0.15, 0.2) is 5.69 Å². The number of aromatic carboxylic acids is 1. The molecule has 1 aromatic heterocycles. The highest BCUT2D eigenvalue weighted by Crippen LogP contribution is 2.17. The minimum Gasteiger partial charge on any atom is -0.476 e. The van der Waals surface area contributed by atoms with E-state index in [4.69, 9.17) is 5.11 Å². The van der Waals surface area contributed by atoms with Gasteiger partial charge in [-0.1, -0.05) is 0 Å². The topological polar surface area (TPSA) is 79.3 Å². The Bertz CT molecular complexity index is 361. The Labute approximate surface area is 84.8 Å². The molecule has 1 rings (SSSR count). The van der Waals surface area contributed by atoms with E-state index in [9.17, 15) is 9.59 Å². The minimum absolute atomic E-state index is 0.0159. The predicted molar refractivity (Wildman–Crippen MR) is 51.3 cm³/mol. The third kappa shape index (κ3) is 2.53. The van der Waals surface area contributed by atoms with E-state index in [-0.39, 0.29) is 17.6 Å². The Kier molecular flexibility index (Phi) is 3.19. The van der Waals surface area contributed by atoms with E-state index in [0.717, 1.165) is 0 Å². The zero-order valence-electron chi connectivity index (χ0n) is 7.77. The summed E-state index contributed by atoms with van der Waals surface area (Å²) in [5.74, 6) is -1.22. The van der Waals surface area contributed by atoms with Gasteiger partial charge in [0, 0.05) is 12.3 Å². The maximum absolute atomic E-state index is 10.7.